The third kappa shape index (κ3) is 2.56. The van der Waals surface area contributed by atoms with Crippen LogP contribution in [0.25, 0.3) is 42.7 Å². The fourth-order valence-electron chi connectivity index (χ4n) is 5.24. The number of nitrogens with zero attached hydrogens (tertiary/aromatic N) is 2. The maximum Gasteiger partial charge on any atom is 0.116 e. The summed E-state index contributed by atoms with van der Waals surface area (Å²) in [6, 6.07) is 22.1. The predicted octanol–water partition coefficient (Wildman–Crippen LogP) is 7.94. The normalized spacial score (nSPS) is 14.4. The molecule has 1 aliphatic carbocycles. The van der Waals surface area contributed by atoms with Gasteiger partial charge in [0.1, 0.15) is 6.33 Å². The van der Waals surface area contributed by atoms with Crippen molar-refractivity contribution in [2.45, 2.75) is 39.0 Å². The first kappa shape index (κ1) is 18.7. The molecule has 152 valence electrons. The van der Waals surface area contributed by atoms with Gasteiger partial charge in [0.15, 0.2) is 0 Å². The van der Waals surface area contributed by atoms with E-state index < -0.39 is 0 Å². The number of aromatic nitrogens is 2. The standard InChI is InChI=1S/C28H24N2S/c1-16(2)17-12-13-18-22(14-17)29-15-30-26(18)20-9-7-10-21-24(20)28(3,4)25-19-8-5-6-11-23(19)31-27(21)25/h5-16H,1-4H3. The molecule has 0 unspecified atom stereocenters. The van der Waals surface area contributed by atoms with Gasteiger partial charge in [-0.05, 0) is 45.7 Å². The van der Waals surface area contributed by atoms with E-state index in [0.29, 0.717) is 5.92 Å². The minimum absolute atomic E-state index is 0.0873. The van der Waals surface area contributed by atoms with Gasteiger partial charge in [-0.15, -0.1) is 11.3 Å². The summed E-state index contributed by atoms with van der Waals surface area (Å²) in [6.07, 6.45) is 1.72. The van der Waals surface area contributed by atoms with Crippen LogP contribution in [0.2, 0.25) is 0 Å². The summed E-state index contributed by atoms with van der Waals surface area (Å²) in [5, 5.41) is 2.50. The highest BCUT2D eigenvalue weighted by Gasteiger charge is 2.40. The van der Waals surface area contributed by atoms with Crippen molar-refractivity contribution in [3.63, 3.8) is 0 Å². The van der Waals surface area contributed by atoms with Crippen molar-refractivity contribution in [3.8, 4) is 21.7 Å². The molecule has 0 saturated carbocycles. The molecule has 0 aliphatic heterocycles. The molecular weight excluding hydrogens is 396 g/mol. The van der Waals surface area contributed by atoms with E-state index in [1.807, 2.05) is 11.3 Å². The Labute approximate surface area is 186 Å². The Morgan fingerprint density at radius 1 is 0.806 bits per heavy atom. The van der Waals surface area contributed by atoms with E-state index in [-0.39, 0.29) is 5.41 Å². The van der Waals surface area contributed by atoms with Crippen LogP contribution in [0.5, 0.6) is 0 Å². The van der Waals surface area contributed by atoms with Crippen LogP contribution >= 0.6 is 11.3 Å². The van der Waals surface area contributed by atoms with Crippen LogP contribution < -0.4 is 0 Å². The molecule has 2 nitrogen and oxygen atoms in total. The quantitative estimate of drug-likeness (QED) is 0.290. The minimum atomic E-state index is -0.0873. The minimum Gasteiger partial charge on any atom is -0.236 e. The van der Waals surface area contributed by atoms with Crippen LogP contribution in [-0.4, -0.2) is 9.97 Å². The molecule has 1 aliphatic rings. The SMILES string of the molecule is CC(C)c1ccc2c(-c3cccc4c3C(C)(C)c3c-4sc4ccccc34)ncnc2c1. The Morgan fingerprint density at radius 3 is 2.45 bits per heavy atom. The smallest absolute Gasteiger partial charge is 0.116 e. The second-order valence-electron chi connectivity index (χ2n) is 9.31. The van der Waals surface area contributed by atoms with Crippen molar-refractivity contribution < 1.29 is 0 Å². The van der Waals surface area contributed by atoms with Crippen molar-refractivity contribution in [2.75, 3.05) is 0 Å². The molecule has 0 atom stereocenters. The molecular formula is C28H24N2S. The molecule has 0 bridgehead atoms. The van der Waals surface area contributed by atoms with E-state index in [2.05, 4.69) is 93.3 Å². The highest BCUT2D eigenvalue weighted by atomic mass is 32.1. The van der Waals surface area contributed by atoms with Crippen LogP contribution in [0.4, 0.5) is 0 Å². The summed E-state index contributed by atoms with van der Waals surface area (Å²) < 4.78 is 1.37. The molecule has 0 fully saturated rings. The Morgan fingerprint density at radius 2 is 1.61 bits per heavy atom. The van der Waals surface area contributed by atoms with E-state index >= 15 is 0 Å². The van der Waals surface area contributed by atoms with Crippen molar-refractivity contribution in [3.05, 3.63) is 83.7 Å². The molecule has 5 aromatic rings. The third-order valence-corrected chi connectivity index (χ3v) is 7.94. The molecule has 0 amide bonds. The Balaban J connectivity index is 1.64. The summed E-state index contributed by atoms with van der Waals surface area (Å²) in [4.78, 5) is 10.8. The lowest BCUT2D eigenvalue weighted by Gasteiger charge is -2.25. The van der Waals surface area contributed by atoms with E-state index in [1.165, 1.54) is 42.8 Å². The lowest BCUT2D eigenvalue weighted by molar-refractivity contribution is 0.668. The number of hydrogen-bond donors (Lipinski definition) is 0. The molecule has 2 aromatic heterocycles. The predicted molar refractivity (Wildman–Crippen MR) is 132 cm³/mol. The number of benzene rings is 3. The van der Waals surface area contributed by atoms with Gasteiger partial charge in [0.05, 0.1) is 11.2 Å². The lowest BCUT2D eigenvalue weighted by Crippen LogP contribution is -2.16. The lowest BCUT2D eigenvalue weighted by atomic mass is 9.78. The zero-order valence-electron chi connectivity index (χ0n) is 18.2. The number of thiophene rings is 1. The largest absolute Gasteiger partial charge is 0.236 e. The van der Waals surface area contributed by atoms with Gasteiger partial charge in [-0.1, -0.05) is 76.2 Å². The van der Waals surface area contributed by atoms with Crippen molar-refractivity contribution in [1.82, 2.24) is 9.97 Å². The molecule has 3 heteroatoms. The average molecular weight is 421 g/mol. The van der Waals surface area contributed by atoms with Gasteiger partial charge in [-0.2, -0.15) is 0 Å². The number of fused-ring (bicyclic) bond motifs is 6. The molecule has 0 saturated heterocycles. The van der Waals surface area contributed by atoms with Crippen molar-refractivity contribution in [2.24, 2.45) is 0 Å². The molecule has 0 spiro atoms. The summed E-state index contributed by atoms with van der Waals surface area (Å²) in [5.41, 5.74) is 8.68. The van der Waals surface area contributed by atoms with Crippen LogP contribution in [0.15, 0.2) is 67.0 Å². The molecule has 3 aromatic carbocycles. The second-order valence-corrected chi connectivity index (χ2v) is 10.4. The van der Waals surface area contributed by atoms with Crippen LogP contribution in [0.1, 0.15) is 50.3 Å². The Hall–Kier alpha value is -3.04. The van der Waals surface area contributed by atoms with Crippen molar-refractivity contribution in [1.29, 1.82) is 0 Å². The monoisotopic (exact) mass is 420 g/mol. The molecule has 2 heterocycles. The van der Waals surface area contributed by atoms with E-state index in [4.69, 9.17) is 4.98 Å². The molecule has 31 heavy (non-hydrogen) atoms. The number of rotatable bonds is 2. The fourth-order valence-corrected chi connectivity index (χ4v) is 6.63. The topological polar surface area (TPSA) is 25.8 Å². The first-order chi connectivity index (χ1) is 15.0. The zero-order valence-corrected chi connectivity index (χ0v) is 19.0. The fraction of sp³-hybridized carbons (Fsp3) is 0.214. The summed E-state index contributed by atoms with van der Waals surface area (Å²) in [7, 11) is 0. The van der Waals surface area contributed by atoms with Gasteiger partial charge < -0.3 is 0 Å². The second kappa shape index (κ2) is 6.48. The highest BCUT2D eigenvalue weighted by molar-refractivity contribution is 7.22. The van der Waals surface area contributed by atoms with Gasteiger partial charge in [0, 0.05) is 25.9 Å². The third-order valence-electron chi connectivity index (χ3n) is 6.74. The Kier molecular flexibility index (Phi) is 3.91. The average Bonchev–Trinajstić information content (AvgIpc) is 3.27. The van der Waals surface area contributed by atoms with Gasteiger partial charge in [0.2, 0.25) is 0 Å². The van der Waals surface area contributed by atoms with Gasteiger partial charge >= 0.3 is 0 Å². The maximum absolute atomic E-state index is 4.80. The highest BCUT2D eigenvalue weighted by Crippen LogP contribution is 2.57. The van der Waals surface area contributed by atoms with Gasteiger partial charge in [-0.3, -0.25) is 0 Å². The summed E-state index contributed by atoms with van der Waals surface area (Å²) >= 11 is 1.91. The summed E-state index contributed by atoms with van der Waals surface area (Å²) in [6.45, 7) is 9.16. The van der Waals surface area contributed by atoms with Crippen LogP contribution in [0.3, 0.4) is 0 Å². The first-order valence-electron chi connectivity index (χ1n) is 10.9. The van der Waals surface area contributed by atoms with Crippen molar-refractivity contribution >= 4 is 32.3 Å². The molecule has 0 radical (unpaired) electrons. The van der Waals surface area contributed by atoms with Gasteiger partial charge in [-0.25, -0.2) is 9.97 Å². The van der Waals surface area contributed by atoms with Crippen LogP contribution in [0, 0.1) is 0 Å². The Bertz CT molecular complexity index is 1490. The van der Waals surface area contributed by atoms with E-state index in [0.717, 1.165) is 16.6 Å². The summed E-state index contributed by atoms with van der Waals surface area (Å²) in [5.74, 6) is 0.479. The maximum atomic E-state index is 4.80. The van der Waals surface area contributed by atoms with Gasteiger partial charge in [0.25, 0.3) is 0 Å². The van der Waals surface area contributed by atoms with E-state index in [1.54, 1.807) is 6.33 Å². The molecule has 6 rings (SSSR count). The number of hydrogen-bond acceptors (Lipinski definition) is 3. The first-order valence-corrected chi connectivity index (χ1v) is 11.7. The zero-order chi connectivity index (χ0) is 21.3. The van der Waals surface area contributed by atoms with Crippen LogP contribution in [-0.2, 0) is 5.41 Å². The molecule has 0 N–H and O–H groups in total. The van der Waals surface area contributed by atoms with E-state index in [9.17, 15) is 0 Å².